The molecule has 3 heterocycles. The molecule has 4 aromatic rings. The summed E-state index contributed by atoms with van der Waals surface area (Å²) in [5.74, 6) is 1.88. The maximum absolute atomic E-state index is 6.53. The quantitative estimate of drug-likeness (QED) is 0.169. The van der Waals surface area contributed by atoms with Crippen molar-refractivity contribution >= 4 is 29.1 Å². The number of aromatic nitrogens is 5. The molecule has 212 valence electrons. The van der Waals surface area contributed by atoms with Crippen LogP contribution in [0.4, 0.5) is 5.69 Å². The summed E-state index contributed by atoms with van der Waals surface area (Å²) in [5, 5.41) is 5.38. The zero-order valence-electron chi connectivity index (χ0n) is 23.8. The first-order chi connectivity index (χ1) is 19.9. The van der Waals surface area contributed by atoms with Gasteiger partial charge in [-0.3, -0.25) is 9.67 Å². The largest absolute Gasteiger partial charge is 0.481 e. The third-order valence-electron chi connectivity index (χ3n) is 7.35. The lowest BCUT2D eigenvalue weighted by Crippen LogP contribution is -2.06. The number of ether oxygens (including phenoxy) is 2. The number of fused-ring (bicyclic) bond motifs is 1. The number of nitrogens with zero attached hydrogens (tertiary/aromatic N) is 7. The smallest absolute Gasteiger partial charge is 0.226 e. The van der Waals surface area contributed by atoms with Gasteiger partial charge in [-0.2, -0.15) is 10.1 Å². The van der Waals surface area contributed by atoms with Gasteiger partial charge in [0, 0.05) is 60.3 Å². The highest BCUT2D eigenvalue weighted by Crippen LogP contribution is 2.47. The number of pyridine rings is 1. The number of anilines is 1. The Kier molecular flexibility index (Phi) is 6.94. The van der Waals surface area contributed by atoms with E-state index < -0.39 is 0 Å². The highest BCUT2D eigenvalue weighted by molar-refractivity contribution is 5.98. The number of allylic oxidation sites excluding steroid dienone is 1. The molecule has 0 atom stereocenters. The highest BCUT2D eigenvalue weighted by atomic mass is 16.5. The van der Waals surface area contributed by atoms with Gasteiger partial charge in [0.25, 0.3) is 0 Å². The second-order valence-corrected chi connectivity index (χ2v) is 10.5. The van der Waals surface area contributed by atoms with Gasteiger partial charge in [0.05, 0.1) is 37.2 Å². The Balaban J connectivity index is 1.49. The van der Waals surface area contributed by atoms with Gasteiger partial charge in [-0.15, -0.1) is 0 Å². The molecule has 0 spiro atoms. The molecule has 0 saturated heterocycles. The molecule has 1 aromatic carbocycles. The molecule has 2 aliphatic rings. The number of imidazole rings is 1. The van der Waals surface area contributed by atoms with Crippen molar-refractivity contribution in [3.8, 4) is 28.5 Å². The predicted molar refractivity (Wildman–Crippen MR) is 161 cm³/mol. The first kappa shape index (κ1) is 26.5. The van der Waals surface area contributed by atoms with E-state index in [1.54, 1.807) is 17.1 Å². The second-order valence-electron chi connectivity index (χ2n) is 10.5. The fourth-order valence-electron chi connectivity index (χ4n) is 4.97. The van der Waals surface area contributed by atoms with Crippen LogP contribution >= 0.6 is 0 Å². The normalized spacial score (nSPS) is 16.2. The van der Waals surface area contributed by atoms with E-state index in [9.17, 15) is 0 Å². The number of hydrogen-bond donors (Lipinski definition) is 2. The summed E-state index contributed by atoms with van der Waals surface area (Å²) >= 11 is 0. The van der Waals surface area contributed by atoms with Gasteiger partial charge in [-0.1, -0.05) is 12.1 Å². The standard InChI is InChI=1S/C30H35N9O2/c1-5-41-30-21(13-18-16-38(2)37-28(18)36-30)29-35-25(26(39(29)3)17-9-10-17)20-7-6-8-23(31)22(20)14-34-24(27(32)40-4)15-33-19-11-12-19/h6-8,13-17,19H,5,9-12,31-32H2,1-4H3/b27-24-,33-15?,34-14?. The van der Waals surface area contributed by atoms with Crippen molar-refractivity contribution in [2.45, 2.75) is 44.6 Å². The summed E-state index contributed by atoms with van der Waals surface area (Å²) in [7, 11) is 5.45. The summed E-state index contributed by atoms with van der Waals surface area (Å²) in [6.07, 6.45) is 9.72. The molecule has 3 aromatic heterocycles. The average Bonchev–Trinajstić information content (AvgIpc) is 3.89. The third-order valence-corrected chi connectivity index (χ3v) is 7.35. The van der Waals surface area contributed by atoms with E-state index >= 15 is 0 Å². The van der Waals surface area contributed by atoms with Crippen molar-refractivity contribution < 1.29 is 9.47 Å². The Morgan fingerprint density at radius 1 is 1.15 bits per heavy atom. The number of rotatable bonds is 10. The topological polar surface area (TPSA) is 144 Å². The summed E-state index contributed by atoms with van der Waals surface area (Å²) in [5.41, 5.74) is 18.8. The molecule has 0 amide bonds. The Bertz CT molecular complexity index is 1700. The van der Waals surface area contributed by atoms with Crippen molar-refractivity contribution in [1.82, 2.24) is 24.3 Å². The van der Waals surface area contributed by atoms with Crippen LogP contribution in [-0.4, -0.2) is 56.5 Å². The van der Waals surface area contributed by atoms with E-state index in [0.29, 0.717) is 41.5 Å². The molecule has 0 bridgehead atoms. The van der Waals surface area contributed by atoms with Crippen LogP contribution in [0.25, 0.3) is 33.7 Å². The molecule has 2 saturated carbocycles. The lowest BCUT2D eigenvalue weighted by atomic mass is 10.0. The minimum atomic E-state index is 0.197. The van der Waals surface area contributed by atoms with Crippen LogP contribution in [0, 0.1) is 0 Å². The third kappa shape index (κ3) is 5.27. The second kappa shape index (κ2) is 10.7. The van der Waals surface area contributed by atoms with Crippen molar-refractivity contribution in [2.24, 2.45) is 29.8 Å². The molecule has 11 heteroatoms. The lowest BCUT2D eigenvalue weighted by Gasteiger charge is -2.11. The van der Waals surface area contributed by atoms with E-state index in [4.69, 9.17) is 30.9 Å². The van der Waals surface area contributed by atoms with Crippen LogP contribution in [0.1, 0.15) is 49.8 Å². The molecular weight excluding hydrogens is 518 g/mol. The fraction of sp³-hybridized carbons (Fsp3) is 0.367. The minimum Gasteiger partial charge on any atom is -0.481 e. The van der Waals surface area contributed by atoms with Gasteiger partial charge >= 0.3 is 0 Å². The maximum Gasteiger partial charge on any atom is 0.226 e. The first-order valence-corrected chi connectivity index (χ1v) is 13.9. The Morgan fingerprint density at radius 3 is 2.66 bits per heavy atom. The molecule has 41 heavy (non-hydrogen) atoms. The number of nitrogens with two attached hydrogens (primary N) is 2. The molecule has 0 unspecified atom stereocenters. The molecule has 0 aliphatic heterocycles. The molecule has 2 fully saturated rings. The van der Waals surface area contributed by atoms with Crippen molar-refractivity contribution in [1.29, 1.82) is 0 Å². The van der Waals surface area contributed by atoms with Crippen LogP contribution in [0.2, 0.25) is 0 Å². The fourth-order valence-corrected chi connectivity index (χ4v) is 4.97. The lowest BCUT2D eigenvalue weighted by molar-refractivity contribution is 0.284. The van der Waals surface area contributed by atoms with E-state index in [2.05, 4.69) is 32.8 Å². The monoisotopic (exact) mass is 553 g/mol. The number of hydrogen-bond acceptors (Lipinski definition) is 9. The zero-order valence-corrected chi connectivity index (χ0v) is 23.8. The van der Waals surface area contributed by atoms with Gasteiger partial charge in [0.1, 0.15) is 11.5 Å². The molecule has 6 rings (SSSR count). The Labute approximate surface area is 238 Å². The van der Waals surface area contributed by atoms with E-state index in [-0.39, 0.29) is 5.88 Å². The molecule has 0 radical (unpaired) electrons. The molecule has 4 N–H and O–H groups in total. The Morgan fingerprint density at radius 2 is 1.95 bits per heavy atom. The summed E-state index contributed by atoms with van der Waals surface area (Å²) in [6, 6.07) is 8.21. The van der Waals surface area contributed by atoms with Gasteiger partial charge < -0.3 is 25.5 Å². The van der Waals surface area contributed by atoms with Crippen LogP contribution in [0.3, 0.4) is 0 Å². The average molecular weight is 554 g/mol. The van der Waals surface area contributed by atoms with Crippen LogP contribution < -0.4 is 16.2 Å². The van der Waals surface area contributed by atoms with Crippen molar-refractivity contribution in [2.75, 3.05) is 19.5 Å². The number of aryl methyl sites for hydroxylation is 1. The van der Waals surface area contributed by atoms with Crippen LogP contribution in [0.15, 0.2) is 52.0 Å². The van der Waals surface area contributed by atoms with Gasteiger partial charge in [0.2, 0.25) is 11.8 Å². The predicted octanol–water partition coefficient (Wildman–Crippen LogP) is 4.32. The van der Waals surface area contributed by atoms with Gasteiger partial charge in [-0.05, 0) is 44.7 Å². The Hall–Kier alpha value is -4.67. The van der Waals surface area contributed by atoms with Gasteiger partial charge in [0.15, 0.2) is 5.65 Å². The SMILES string of the molecule is CCOc1nc2nn(C)cc2cc1-c1nc(-c2cccc(N)c2C=N/C(C=NC2CC2)=C(/N)OC)c(C2CC2)n1C. The summed E-state index contributed by atoms with van der Waals surface area (Å²) < 4.78 is 15.2. The number of aliphatic imine (C=N–C) groups is 2. The van der Waals surface area contributed by atoms with E-state index in [1.807, 2.05) is 38.4 Å². The van der Waals surface area contributed by atoms with Crippen molar-refractivity contribution in [3.05, 3.63) is 53.3 Å². The highest BCUT2D eigenvalue weighted by Gasteiger charge is 2.33. The number of nitrogen functional groups attached to an aromatic ring is 1. The first-order valence-electron chi connectivity index (χ1n) is 13.9. The van der Waals surface area contributed by atoms with E-state index in [1.165, 1.54) is 7.11 Å². The maximum atomic E-state index is 6.53. The van der Waals surface area contributed by atoms with Crippen molar-refractivity contribution in [3.63, 3.8) is 0 Å². The van der Waals surface area contributed by atoms with E-state index in [0.717, 1.165) is 65.0 Å². The molecule has 11 nitrogen and oxygen atoms in total. The minimum absolute atomic E-state index is 0.197. The summed E-state index contributed by atoms with van der Waals surface area (Å²) in [4.78, 5) is 19.2. The number of benzene rings is 1. The molecular formula is C30H35N9O2. The van der Waals surface area contributed by atoms with Crippen LogP contribution in [-0.2, 0) is 18.8 Å². The van der Waals surface area contributed by atoms with Gasteiger partial charge in [-0.25, -0.2) is 9.98 Å². The number of methoxy groups -OCH3 is 1. The summed E-state index contributed by atoms with van der Waals surface area (Å²) in [6.45, 7) is 2.42. The molecule has 2 aliphatic carbocycles. The van der Waals surface area contributed by atoms with Crippen LogP contribution in [0.5, 0.6) is 5.88 Å². The zero-order chi connectivity index (χ0) is 28.7.